The Labute approximate surface area is 140 Å². The standard InChI is InChI=1S/C20H31NO2/c1-22-19-7-3-6-18-11-17(14-23-20(18)19)8-9-21-12-15-4-2-5-16(10-15)13-21/h7,15-17H,2-6,8-14H2,1H3. The zero-order valence-corrected chi connectivity index (χ0v) is 14.6. The number of ether oxygens (including phenoxy) is 2. The van der Waals surface area contributed by atoms with E-state index >= 15 is 0 Å². The number of hydrogen-bond donors (Lipinski definition) is 0. The highest BCUT2D eigenvalue weighted by molar-refractivity contribution is 5.31. The summed E-state index contributed by atoms with van der Waals surface area (Å²) in [5.74, 6) is 4.71. The predicted molar refractivity (Wildman–Crippen MR) is 91.9 cm³/mol. The second-order valence-corrected chi connectivity index (χ2v) is 8.07. The first-order valence-electron chi connectivity index (χ1n) is 9.63. The van der Waals surface area contributed by atoms with E-state index in [1.807, 2.05) is 0 Å². The summed E-state index contributed by atoms with van der Waals surface area (Å²) in [6, 6.07) is 0. The quantitative estimate of drug-likeness (QED) is 0.779. The van der Waals surface area contributed by atoms with Crippen LogP contribution in [0.3, 0.4) is 0 Å². The molecule has 1 saturated carbocycles. The second-order valence-electron chi connectivity index (χ2n) is 8.07. The zero-order chi connectivity index (χ0) is 15.6. The van der Waals surface area contributed by atoms with Crippen molar-refractivity contribution in [2.24, 2.45) is 17.8 Å². The van der Waals surface area contributed by atoms with E-state index in [2.05, 4.69) is 11.0 Å². The van der Waals surface area contributed by atoms with Crippen molar-refractivity contribution in [3.05, 3.63) is 23.2 Å². The molecule has 3 heteroatoms. The summed E-state index contributed by atoms with van der Waals surface area (Å²) in [4.78, 5) is 2.75. The van der Waals surface area contributed by atoms with Gasteiger partial charge in [0.1, 0.15) is 0 Å². The molecule has 0 aromatic carbocycles. The van der Waals surface area contributed by atoms with E-state index in [0.717, 1.165) is 42.8 Å². The average Bonchev–Trinajstić information content (AvgIpc) is 2.59. The van der Waals surface area contributed by atoms with Gasteiger partial charge in [0.25, 0.3) is 0 Å². The molecule has 0 aromatic rings. The lowest BCUT2D eigenvalue weighted by Crippen LogP contribution is -2.43. The highest BCUT2D eigenvalue weighted by Gasteiger charge is 2.31. The first-order valence-corrected chi connectivity index (χ1v) is 9.63. The molecule has 2 fully saturated rings. The van der Waals surface area contributed by atoms with Crippen LogP contribution in [0, 0.1) is 17.8 Å². The zero-order valence-electron chi connectivity index (χ0n) is 14.6. The fourth-order valence-electron chi connectivity index (χ4n) is 5.18. The lowest BCUT2D eigenvalue weighted by Gasteiger charge is -2.42. The minimum atomic E-state index is 0.701. The molecule has 0 amide bonds. The molecule has 2 aliphatic heterocycles. The second kappa shape index (κ2) is 6.88. The van der Waals surface area contributed by atoms with Gasteiger partial charge < -0.3 is 14.4 Å². The monoisotopic (exact) mass is 317 g/mol. The van der Waals surface area contributed by atoms with Gasteiger partial charge in [-0.2, -0.15) is 0 Å². The first-order chi connectivity index (χ1) is 11.3. The van der Waals surface area contributed by atoms with Gasteiger partial charge in [-0.1, -0.05) is 6.42 Å². The molecule has 3 unspecified atom stereocenters. The van der Waals surface area contributed by atoms with Crippen LogP contribution in [0.5, 0.6) is 0 Å². The van der Waals surface area contributed by atoms with Gasteiger partial charge in [0.15, 0.2) is 11.5 Å². The number of nitrogens with zero attached hydrogens (tertiary/aromatic N) is 1. The van der Waals surface area contributed by atoms with Crippen LogP contribution in [0.15, 0.2) is 23.2 Å². The van der Waals surface area contributed by atoms with Crippen molar-refractivity contribution in [3.8, 4) is 0 Å². The summed E-state index contributed by atoms with van der Waals surface area (Å²) < 4.78 is 11.5. The largest absolute Gasteiger partial charge is 0.493 e. The number of rotatable bonds is 4. The minimum absolute atomic E-state index is 0.701. The summed E-state index contributed by atoms with van der Waals surface area (Å²) in [7, 11) is 1.75. The average molecular weight is 317 g/mol. The lowest BCUT2D eigenvalue weighted by molar-refractivity contribution is 0.0685. The van der Waals surface area contributed by atoms with Gasteiger partial charge in [-0.3, -0.25) is 0 Å². The maximum Gasteiger partial charge on any atom is 0.160 e. The first kappa shape index (κ1) is 15.6. The Hall–Kier alpha value is -0.960. The number of likely N-dealkylation sites (tertiary alicyclic amines) is 1. The van der Waals surface area contributed by atoms with Crippen molar-refractivity contribution in [1.82, 2.24) is 4.90 Å². The molecular weight excluding hydrogens is 286 g/mol. The highest BCUT2D eigenvalue weighted by atomic mass is 16.5. The van der Waals surface area contributed by atoms with Gasteiger partial charge in [0, 0.05) is 13.1 Å². The minimum Gasteiger partial charge on any atom is -0.493 e. The third-order valence-electron chi connectivity index (χ3n) is 6.32. The predicted octanol–water partition coefficient (Wildman–Crippen LogP) is 4.11. The molecule has 0 spiro atoms. The van der Waals surface area contributed by atoms with E-state index in [0.29, 0.717) is 5.92 Å². The molecule has 128 valence electrons. The molecule has 3 nitrogen and oxygen atoms in total. The van der Waals surface area contributed by atoms with Crippen molar-refractivity contribution in [2.75, 3.05) is 33.4 Å². The van der Waals surface area contributed by atoms with Gasteiger partial charge in [0.05, 0.1) is 13.7 Å². The molecular formula is C20H31NO2. The maximum absolute atomic E-state index is 6.08. The summed E-state index contributed by atoms with van der Waals surface area (Å²) in [5.41, 5.74) is 1.50. The summed E-state index contributed by atoms with van der Waals surface area (Å²) in [6.45, 7) is 4.86. The molecule has 0 aromatic heterocycles. The number of allylic oxidation sites excluding steroid dienone is 2. The molecule has 0 N–H and O–H groups in total. The fourth-order valence-corrected chi connectivity index (χ4v) is 5.18. The molecule has 1 saturated heterocycles. The SMILES string of the molecule is COC1=CCCC2=C1OCC(CCN1CC3CCCC(C3)C1)C2. The van der Waals surface area contributed by atoms with Gasteiger partial charge in [-0.05, 0) is 80.9 Å². The molecule has 2 bridgehead atoms. The Balaban J connectivity index is 1.29. The van der Waals surface area contributed by atoms with Crippen LogP contribution in [0.25, 0.3) is 0 Å². The van der Waals surface area contributed by atoms with E-state index in [-0.39, 0.29) is 0 Å². The molecule has 4 aliphatic rings. The molecule has 2 heterocycles. The smallest absolute Gasteiger partial charge is 0.160 e. The Morgan fingerprint density at radius 3 is 2.87 bits per heavy atom. The van der Waals surface area contributed by atoms with Crippen molar-refractivity contribution < 1.29 is 9.47 Å². The van der Waals surface area contributed by atoms with Crippen LogP contribution in [-0.2, 0) is 9.47 Å². The van der Waals surface area contributed by atoms with Crippen molar-refractivity contribution in [1.29, 1.82) is 0 Å². The molecule has 3 atom stereocenters. The third kappa shape index (κ3) is 3.45. The van der Waals surface area contributed by atoms with E-state index in [9.17, 15) is 0 Å². The van der Waals surface area contributed by atoms with Gasteiger partial charge in [0.2, 0.25) is 0 Å². The lowest BCUT2D eigenvalue weighted by atomic mass is 9.78. The normalized spacial score (nSPS) is 34.5. The Kier molecular flexibility index (Phi) is 4.66. The molecule has 4 rings (SSSR count). The van der Waals surface area contributed by atoms with Crippen LogP contribution in [-0.4, -0.2) is 38.3 Å². The Bertz CT molecular complexity index is 484. The van der Waals surface area contributed by atoms with E-state index in [1.165, 1.54) is 63.7 Å². The summed E-state index contributed by atoms with van der Waals surface area (Å²) >= 11 is 0. The molecule has 0 radical (unpaired) electrons. The number of fused-ring (bicyclic) bond motifs is 2. The fraction of sp³-hybridized carbons (Fsp3) is 0.800. The number of methoxy groups -OCH3 is 1. The van der Waals surface area contributed by atoms with Gasteiger partial charge >= 0.3 is 0 Å². The Morgan fingerprint density at radius 2 is 2.09 bits per heavy atom. The van der Waals surface area contributed by atoms with Crippen LogP contribution in [0.1, 0.15) is 51.4 Å². The summed E-state index contributed by atoms with van der Waals surface area (Å²) in [6.07, 6.45) is 12.9. The highest BCUT2D eigenvalue weighted by Crippen LogP contribution is 2.37. The van der Waals surface area contributed by atoms with Crippen LogP contribution in [0.2, 0.25) is 0 Å². The van der Waals surface area contributed by atoms with E-state index < -0.39 is 0 Å². The van der Waals surface area contributed by atoms with E-state index in [4.69, 9.17) is 9.47 Å². The maximum atomic E-state index is 6.08. The summed E-state index contributed by atoms with van der Waals surface area (Å²) in [5, 5.41) is 0. The molecule has 23 heavy (non-hydrogen) atoms. The molecule has 2 aliphatic carbocycles. The van der Waals surface area contributed by atoms with Crippen LogP contribution in [0.4, 0.5) is 0 Å². The van der Waals surface area contributed by atoms with E-state index in [1.54, 1.807) is 7.11 Å². The topological polar surface area (TPSA) is 21.7 Å². The van der Waals surface area contributed by atoms with Crippen LogP contribution < -0.4 is 0 Å². The van der Waals surface area contributed by atoms with Crippen molar-refractivity contribution in [2.45, 2.75) is 51.4 Å². The Morgan fingerprint density at radius 1 is 1.26 bits per heavy atom. The number of hydrogen-bond acceptors (Lipinski definition) is 3. The van der Waals surface area contributed by atoms with Crippen molar-refractivity contribution in [3.63, 3.8) is 0 Å². The van der Waals surface area contributed by atoms with Gasteiger partial charge in [-0.15, -0.1) is 0 Å². The number of piperidine rings is 1. The van der Waals surface area contributed by atoms with Crippen molar-refractivity contribution >= 4 is 0 Å². The van der Waals surface area contributed by atoms with Crippen LogP contribution >= 0.6 is 0 Å². The third-order valence-corrected chi connectivity index (χ3v) is 6.32. The van der Waals surface area contributed by atoms with Gasteiger partial charge in [-0.25, -0.2) is 0 Å².